The van der Waals surface area contributed by atoms with Crippen molar-refractivity contribution in [2.45, 2.75) is 24.2 Å². The number of carbonyl (C=O) groups excluding carboxylic acids is 1. The number of nitriles is 1. The molecule has 1 fully saturated rings. The summed E-state index contributed by atoms with van der Waals surface area (Å²) in [4.78, 5) is 11.8. The number of esters is 1. The van der Waals surface area contributed by atoms with E-state index in [1.807, 2.05) is 0 Å². The lowest BCUT2D eigenvalue weighted by Crippen LogP contribution is -2.35. The zero-order valence-corrected chi connectivity index (χ0v) is 13.4. The van der Waals surface area contributed by atoms with Crippen LogP contribution in [-0.4, -0.2) is 38.4 Å². The Morgan fingerprint density at radius 1 is 1.32 bits per heavy atom. The summed E-state index contributed by atoms with van der Waals surface area (Å²) in [5.74, 6) is -0.817. The molecule has 0 radical (unpaired) electrons. The summed E-state index contributed by atoms with van der Waals surface area (Å²) in [5, 5.41) is 8.51. The molecule has 8 heteroatoms. The Balaban J connectivity index is 2.32. The van der Waals surface area contributed by atoms with Gasteiger partial charge in [-0.15, -0.1) is 0 Å². The van der Waals surface area contributed by atoms with Gasteiger partial charge in [0.15, 0.2) is 6.61 Å². The van der Waals surface area contributed by atoms with E-state index in [4.69, 9.17) is 16.9 Å². The smallest absolute Gasteiger partial charge is 0.340 e. The molecule has 1 aliphatic heterocycles. The molecule has 0 spiro atoms. The van der Waals surface area contributed by atoms with Crippen molar-refractivity contribution in [3.05, 3.63) is 28.8 Å². The van der Waals surface area contributed by atoms with E-state index in [1.54, 1.807) is 6.07 Å². The van der Waals surface area contributed by atoms with Crippen LogP contribution in [0, 0.1) is 11.3 Å². The maximum absolute atomic E-state index is 12.6. The van der Waals surface area contributed by atoms with Crippen molar-refractivity contribution >= 4 is 27.6 Å². The SMILES string of the molecule is N#CCOC(=O)c1cc(S(=O)(=O)N2CCCCC2)ccc1Cl. The van der Waals surface area contributed by atoms with Crippen LogP contribution in [0.4, 0.5) is 0 Å². The highest BCUT2D eigenvalue weighted by Crippen LogP contribution is 2.25. The molecule has 0 unspecified atom stereocenters. The van der Waals surface area contributed by atoms with Crippen molar-refractivity contribution < 1.29 is 17.9 Å². The molecule has 0 amide bonds. The van der Waals surface area contributed by atoms with Crippen LogP contribution in [0.5, 0.6) is 0 Å². The zero-order chi connectivity index (χ0) is 16.2. The molecule has 1 saturated heterocycles. The van der Waals surface area contributed by atoms with Gasteiger partial charge in [-0.05, 0) is 31.0 Å². The first-order valence-corrected chi connectivity index (χ1v) is 8.62. The molecule has 22 heavy (non-hydrogen) atoms. The highest BCUT2D eigenvalue weighted by molar-refractivity contribution is 7.89. The summed E-state index contributed by atoms with van der Waals surface area (Å²) >= 11 is 5.91. The fraction of sp³-hybridized carbons (Fsp3) is 0.429. The van der Waals surface area contributed by atoms with Gasteiger partial charge in [0, 0.05) is 13.1 Å². The van der Waals surface area contributed by atoms with Crippen LogP contribution in [0.2, 0.25) is 5.02 Å². The van der Waals surface area contributed by atoms with Crippen LogP contribution in [0.15, 0.2) is 23.1 Å². The number of hydrogen-bond donors (Lipinski definition) is 0. The zero-order valence-electron chi connectivity index (χ0n) is 11.8. The third kappa shape index (κ3) is 3.58. The lowest BCUT2D eigenvalue weighted by atomic mass is 10.2. The first-order valence-electron chi connectivity index (χ1n) is 6.80. The van der Waals surface area contributed by atoms with Crippen LogP contribution in [0.1, 0.15) is 29.6 Å². The Hall–Kier alpha value is -1.62. The summed E-state index contributed by atoms with van der Waals surface area (Å²) in [6, 6.07) is 5.59. The fourth-order valence-corrected chi connectivity index (χ4v) is 3.99. The summed E-state index contributed by atoms with van der Waals surface area (Å²) in [6.07, 6.45) is 2.66. The van der Waals surface area contributed by atoms with E-state index in [0.29, 0.717) is 13.1 Å². The van der Waals surface area contributed by atoms with E-state index in [2.05, 4.69) is 4.74 Å². The minimum absolute atomic E-state index is 0.00251. The van der Waals surface area contributed by atoms with E-state index >= 15 is 0 Å². The molecule has 1 heterocycles. The van der Waals surface area contributed by atoms with E-state index in [9.17, 15) is 13.2 Å². The first-order chi connectivity index (χ1) is 10.5. The van der Waals surface area contributed by atoms with Gasteiger partial charge in [0.05, 0.1) is 15.5 Å². The average Bonchev–Trinajstić information content (AvgIpc) is 2.53. The first kappa shape index (κ1) is 16.7. The maximum Gasteiger partial charge on any atom is 0.340 e. The Labute approximate surface area is 134 Å². The topological polar surface area (TPSA) is 87.5 Å². The minimum atomic E-state index is -3.65. The van der Waals surface area contributed by atoms with Crippen molar-refractivity contribution in [2.75, 3.05) is 19.7 Å². The van der Waals surface area contributed by atoms with Gasteiger partial charge in [-0.25, -0.2) is 13.2 Å². The summed E-state index contributed by atoms with van der Waals surface area (Å²) in [5.41, 5.74) is -0.0602. The Morgan fingerprint density at radius 3 is 2.64 bits per heavy atom. The highest BCUT2D eigenvalue weighted by atomic mass is 35.5. The highest BCUT2D eigenvalue weighted by Gasteiger charge is 2.27. The van der Waals surface area contributed by atoms with Crippen LogP contribution in [0.3, 0.4) is 0 Å². The van der Waals surface area contributed by atoms with Gasteiger partial charge in [0.1, 0.15) is 6.07 Å². The fourth-order valence-electron chi connectivity index (χ4n) is 2.25. The van der Waals surface area contributed by atoms with Crippen molar-refractivity contribution in [1.82, 2.24) is 4.31 Å². The normalized spacial score (nSPS) is 16.0. The number of rotatable bonds is 4. The number of piperidine rings is 1. The predicted molar refractivity (Wildman–Crippen MR) is 80.0 cm³/mol. The van der Waals surface area contributed by atoms with Crippen molar-refractivity contribution in [2.24, 2.45) is 0 Å². The quantitative estimate of drug-likeness (QED) is 0.783. The van der Waals surface area contributed by atoms with E-state index in [-0.39, 0.29) is 15.5 Å². The molecule has 1 aromatic carbocycles. The second-order valence-corrected chi connectivity index (χ2v) is 7.19. The lowest BCUT2D eigenvalue weighted by Gasteiger charge is -2.26. The number of ether oxygens (including phenoxy) is 1. The lowest BCUT2D eigenvalue weighted by molar-refractivity contribution is 0.0555. The molecule has 0 N–H and O–H groups in total. The molecule has 2 rings (SSSR count). The van der Waals surface area contributed by atoms with Gasteiger partial charge in [-0.1, -0.05) is 18.0 Å². The van der Waals surface area contributed by atoms with Crippen LogP contribution in [0.25, 0.3) is 0 Å². The molecule has 118 valence electrons. The van der Waals surface area contributed by atoms with Gasteiger partial charge in [0.25, 0.3) is 0 Å². The Bertz CT molecular complexity index is 706. The predicted octanol–water partition coefficient (Wildman–Crippen LogP) is 2.19. The van der Waals surface area contributed by atoms with Gasteiger partial charge >= 0.3 is 5.97 Å². The minimum Gasteiger partial charge on any atom is -0.447 e. The molecule has 0 aliphatic carbocycles. The van der Waals surface area contributed by atoms with Gasteiger partial charge in [-0.2, -0.15) is 9.57 Å². The standard InChI is InChI=1S/C14H15ClN2O4S/c15-13-5-4-11(10-12(13)14(18)21-9-6-16)22(19,20)17-7-2-1-3-8-17/h4-5,10H,1-3,7-9H2. The van der Waals surface area contributed by atoms with E-state index in [1.165, 1.54) is 22.5 Å². The molecular weight excluding hydrogens is 328 g/mol. The summed E-state index contributed by atoms with van der Waals surface area (Å²) in [7, 11) is -3.65. The molecule has 0 saturated carbocycles. The van der Waals surface area contributed by atoms with Crippen LogP contribution < -0.4 is 0 Å². The van der Waals surface area contributed by atoms with E-state index < -0.39 is 22.6 Å². The summed E-state index contributed by atoms with van der Waals surface area (Å²) < 4.78 is 31.2. The third-order valence-corrected chi connectivity index (χ3v) is 5.60. The second-order valence-electron chi connectivity index (χ2n) is 4.84. The van der Waals surface area contributed by atoms with E-state index in [0.717, 1.165) is 19.3 Å². The number of hydrogen-bond acceptors (Lipinski definition) is 5. The number of carbonyl (C=O) groups is 1. The number of sulfonamides is 1. The molecule has 1 aliphatic rings. The molecule has 0 atom stereocenters. The molecular formula is C14H15ClN2O4S. The van der Waals surface area contributed by atoms with Gasteiger partial charge < -0.3 is 4.74 Å². The molecule has 0 aromatic heterocycles. The molecule has 0 bridgehead atoms. The van der Waals surface area contributed by atoms with Gasteiger partial charge in [-0.3, -0.25) is 0 Å². The molecule has 6 nitrogen and oxygen atoms in total. The van der Waals surface area contributed by atoms with Crippen LogP contribution in [-0.2, 0) is 14.8 Å². The summed E-state index contributed by atoms with van der Waals surface area (Å²) in [6.45, 7) is 0.524. The maximum atomic E-state index is 12.6. The van der Waals surface area contributed by atoms with Crippen molar-refractivity contribution in [3.63, 3.8) is 0 Å². The largest absolute Gasteiger partial charge is 0.447 e. The second kappa shape index (κ2) is 7.09. The molecule has 1 aromatic rings. The number of halogens is 1. The monoisotopic (exact) mass is 342 g/mol. The third-order valence-electron chi connectivity index (χ3n) is 3.38. The number of nitrogens with zero attached hydrogens (tertiary/aromatic N) is 2. The Morgan fingerprint density at radius 2 is 2.00 bits per heavy atom. The van der Waals surface area contributed by atoms with Crippen molar-refractivity contribution in [1.29, 1.82) is 5.26 Å². The average molecular weight is 343 g/mol. The number of benzene rings is 1. The van der Waals surface area contributed by atoms with Crippen LogP contribution >= 0.6 is 11.6 Å². The van der Waals surface area contributed by atoms with Crippen molar-refractivity contribution in [3.8, 4) is 6.07 Å². The Kier molecular flexibility index (Phi) is 5.40. The van der Waals surface area contributed by atoms with Gasteiger partial charge in [0.2, 0.25) is 10.0 Å².